The van der Waals surface area contributed by atoms with Gasteiger partial charge in [-0.25, -0.2) is 4.98 Å². The molecular weight excluding hydrogens is 282 g/mol. The molecule has 0 saturated carbocycles. The third-order valence-corrected chi connectivity index (χ3v) is 4.21. The summed E-state index contributed by atoms with van der Waals surface area (Å²) in [5.74, 6) is -0.587. The van der Waals surface area contributed by atoms with E-state index in [9.17, 15) is 14.7 Å². The van der Waals surface area contributed by atoms with E-state index in [2.05, 4.69) is 16.9 Å². The lowest BCUT2D eigenvalue weighted by Gasteiger charge is -2.31. The highest BCUT2D eigenvalue weighted by atomic mass is 16.3. The lowest BCUT2D eigenvalue weighted by atomic mass is 10.0. The van der Waals surface area contributed by atoms with Crippen LogP contribution in [0.15, 0.2) is 36.7 Å². The van der Waals surface area contributed by atoms with Gasteiger partial charge < -0.3 is 10.4 Å². The molecule has 1 unspecified atom stereocenters. The number of carbonyl (C=O) groups excluding carboxylic acids is 2. The number of hydrogen-bond acceptors (Lipinski definition) is 4. The summed E-state index contributed by atoms with van der Waals surface area (Å²) in [6.45, 7) is 3.75. The molecule has 0 spiro atoms. The number of piperidine rings is 1. The van der Waals surface area contributed by atoms with E-state index in [0.29, 0.717) is 40.6 Å². The summed E-state index contributed by atoms with van der Waals surface area (Å²) in [5.41, 5.74) is 1.72. The van der Waals surface area contributed by atoms with Gasteiger partial charge in [0.25, 0.3) is 5.91 Å². The standard InChI is InChI=1S/C16H13N3O3/c1-8-5-6-11(15(21)18-8)19-12-7-17-14(20)9-3-2-4-10(13(9)12)16(19)22/h2-4,7,11H,1,5-6H2,(H,17,20)(H,18,21). The number of benzene rings is 1. The van der Waals surface area contributed by atoms with Crippen LogP contribution >= 0.6 is 0 Å². The van der Waals surface area contributed by atoms with Crippen LogP contribution in [-0.4, -0.2) is 27.9 Å². The molecule has 6 heteroatoms. The van der Waals surface area contributed by atoms with Crippen molar-refractivity contribution in [2.24, 2.45) is 0 Å². The Hall–Kier alpha value is -2.89. The van der Waals surface area contributed by atoms with Gasteiger partial charge >= 0.3 is 0 Å². The van der Waals surface area contributed by atoms with Crippen molar-refractivity contribution in [2.45, 2.75) is 18.9 Å². The highest BCUT2D eigenvalue weighted by Crippen LogP contribution is 2.41. The number of hydrogen-bond donors (Lipinski definition) is 2. The SMILES string of the molecule is C=C1CCC(N2C(=O)c3cccc4c(O)ncc2c34)C(=O)N1. The van der Waals surface area contributed by atoms with Crippen molar-refractivity contribution in [3.63, 3.8) is 0 Å². The third kappa shape index (κ3) is 1.57. The van der Waals surface area contributed by atoms with E-state index in [1.807, 2.05) is 0 Å². The Morgan fingerprint density at radius 3 is 2.95 bits per heavy atom. The van der Waals surface area contributed by atoms with Crippen LogP contribution in [0.5, 0.6) is 5.88 Å². The molecule has 2 aliphatic heterocycles. The van der Waals surface area contributed by atoms with Crippen LogP contribution in [-0.2, 0) is 4.79 Å². The molecule has 0 aliphatic carbocycles. The first-order chi connectivity index (χ1) is 10.6. The number of pyridine rings is 1. The Kier molecular flexibility index (Phi) is 2.51. The molecule has 0 bridgehead atoms. The molecule has 3 heterocycles. The van der Waals surface area contributed by atoms with Crippen molar-refractivity contribution >= 4 is 28.3 Å². The molecule has 22 heavy (non-hydrogen) atoms. The van der Waals surface area contributed by atoms with Gasteiger partial charge in [0.15, 0.2) is 0 Å². The van der Waals surface area contributed by atoms with Gasteiger partial charge in [0.1, 0.15) is 6.04 Å². The molecule has 2 aliphatic rings. The molecule has 1 aromatic heterocycles. The van der Waals surface area contributed by atoms with E-state index in [0.717, 1.165) is 0 Å². The molecule has 6 nitrogen and oxygen atoms in total. The maximum Gasteiger partial charge on any atom is 0.259 e. The number of anilines is 1. The summed E-state index contributed by atoms with van der Waals surface area (Å²) in [5, 5.41) is 13.8. The molecule has 1 saturated heterocycles. The molecule has 1 fully saturated rings. The summed E-state index contributed by atoms with van der Waals surface area (Å²) in [6.07, 6.45) is 2.60. The molecule has 2 amide bonds. The predicted octanol–water partition coefficient (Wildman–Crippen LogP) is 1.69. The van der Waals surface area contributed by atoms with Crippen LogP contribution < -0.4 is 10.2 Å². The molecule has 1 aromatic carbocycles. The average molecular weight is 295 g/mol. The Morgan fingerprint density at radius 1 is 1.36 bits per heavy atom. The number of aromatic hydroxyl groups is 1. The molecule has 4 rings (SSSR count). The molecular formula is C16H13N3O3. The highest BCUT2D eigenvalue weighted by Gasteiger charge is 2.40. The summed E-state index contributed by atoms with van der Waals surface area (Å²) in [7, 11) is 0. The predicted molar refractivity (Wildman–Crippen MR) is 80.5 cm³/mol. The van der Waals surface area contributed by atoms with E-state index in [-0.39, 0.29) is 17.7 Å². The second-order valence-corrected chi connectivity index (χ2v) is 5.52. The fourth-order valence-electron chi connectivity index (χ4n) is 3.19. The number of allylic oxidation sites excluding steroid dienone is 1. The second-order valence-electron chi connectivity index (χ2n) is 5.52. The van der Waals surface area contributed by atoms with Gasteiger partial charge in [-0.1, -0.05) is 12.6 Å². The number of nitrogens with zero attached hydrogens (tertiary/aromatic N) is 2. The van der Waals surface area contributed by atoms with Gasteiger partial charge in [0.2, 0.25) is 11.8 Å². The Labute approximate surface area is 126 Å². The fourth-order valence-corrected chi connectivity index (χ4v) is 3.19. The summed E-state index contributed by atoms with van der Waals surface area (Å²) < 4.78 is 0. The Balaban J connectivity index is 1.89. The van der Waals surface area contributed by atoms with Crippen LogP contribution in [0, 0.1) is 0 Å². The van der Waals surface area contributed by atoms with E-state index in [1.165, 1.54) is 11.1 Å². The van der Waals surface area contributed by atoms with Gasteiger partial charge in [-0.05, 0) is 25.0 Å². The zero-order valence-electron chi connectivity index (χ0n) is 11.7. The number of carbonyl (C=O) groups is 2. The van der Waals surface area contributed by atoms with E-state index >= 15 is 0 Å². The quantitative estimate of drug-likeness (QED) is 0.838. The Morgan fingerprint density at radius 2 is 2.18 bits per heavy atom. The van der Waals surface area contributed by atoms with Crippen molar-refractivity contribution in [3.05, 3.63) is 42.2 Å². The average Bonchev–Trinajstić information content (AvgIpc) is 2.78. The van der Waals surface area contributed by atoms with E-state index in [1.54, 1.807) is 18.2 Å². The summed E-state index contributed by atoms with van der Waals surface area (Å²) in [4.78, 5) is 30.4. The number of rotatable bonds is 1. The first-order valence-corrected chi connectivity index (χ1v) is 7.01. The number of aromatic nitrogens is 1. The van der Waals surface area contributed by atoms with Crippen LogP contribution in [0.25, 0.3) is 10.8 Å². The zero-order valence-corrected chi connectivity index (χ0v) is 11.7. The van der Waals surface area contributed by atoms with Gasteiger partial charge in [-0.2, -0.15) is 0 Å². The number of amides is 2. The monoisotopic (exact) mass is 295 g/mol. The minimum Gasteiger partial charge on any atom is -0.493 e. The third-order valence-electron chi connectivity index (χ3n) is 4.21. The highest BCUT2D eigenvalue weighted by molar-refractivity contribution is 6.27. The maximum absolute atomic E-state index is 12.7. The smallest absolute Gasteiger partial charge is 0.259 e. The minimum atomic E-state index is -0.583. The normalized spacial score (nSPS) is 20.6. The van der Waals surface area contributed by atoms with Gasteiger partial charge in [0, 0.05) is 16.5 Å². The number of nitrogens with one attached hydrogen (secondary N) is 1. The maximum atomic E-state index is 12.7. The van der Waals surface area contributed by atoms with Gasteiger partial charge in [0.05, 0.1) is 17.4 Å². The topological polar surface area (TPSA) is 82.5 Å². The lowest BCUT2D eigenvalue weighted by molar-refractivity contribution is -0.122. The van der Waals surface area contributed by atoms with Crippen LogP contribution in [0.3, 0.4) is 0 Å². The van der Waals surface area contributed by atoms with Crippen LogP contribution in [0.2, 0.25) is 0 Å². The first kappa shape index (κ1) is 12.8. The van der Waals surface area contributed by atoms with Crippen molar-refractivity contribution in [2.75, 3.05) is 4.90 Å². The Bertz CT molecular complexity index is 859. The lowest BCUT2D eigenvalue weighted by Crippen LogP contribution is -2.51. The van der Waals surface area contributed by atoms with Crippen molar-refractivity contribution in [1.82, 2.24) is 10.3 Å². The van der Waals surface area contributed by atoms with Crippen LogP contribution in [0.1, 0.15) is 23.2 Å². The zero-order chi connectivity index (χ0) is 15.4. The summed E-state index contributed by atoms with van der Waals surface area (Å²) >= 11 is 0. The van der Waals surface area contributed by atoms with Crippen molar-refractivity contribution in [1.29, 1.82) is 0 Å². The van der Waals surface area contributed by atoms with E-state index in [4.69, 9.17) is 0 Å². The first-order valence-electron chi connectivity index (χ1n) is 7.01. The molecule has 2 aromatic rings. The van der Waals surface area contributed by atoms with Crippen LogP contribution in [0.4, 0.5) is 5.69 Å². The molecule has 110 valence electrons. The van der Waals surface area contributed by atoms with Crippen molar-refractivity contribution in [3.8, 4) is 5.88 Å². The van der Waals surface area contributed by atoms with E-state index < -0.39 is 6.04 Å². The molecule has 0 radical (unpaired) electrons. The largest absolute Gasteiger partial charge is 0.493 e. The molecule has 1 atom stereocenters. The minimum absolute atomic E-state index is 0.114. The molecule has 2 N–H and O–H groups in total. The van der Waals surface area contributed by atoms with Gasteiger partial charge in [-0.3, -0.25) is 14.5 Å². The summed E-state index contributed by atoms with van der Waals surface area (Å²) in [6, 6.07) is 4.53. The van der Waals surface area contributed by atoms with Gasteiger partial charge in [-0.15, -0.1) is 0 Å². The second kappa shape index (κ2) is 4.30. The fraction of sp³-hybridized carbons (Fsp3) is 0.188. The van der Waals surface area contributed by atoms with Crippen molar-refractivity contribution < 1.29 is 14.7 Å².